The number of H-pyrrole nitrogens is 1. The van der Waals surface area contributed by atoms with Crippen molar-refractivity contribution in [3.8, 4) is 11.1 Å². The van der Waals surface area contributed by atoms with Crippen LogP contribution in [0.2, 0.25) is 0 Å². The van der Waals surface area contributed by atoms with Gasteiger partial charge in [-0.25, -0.2) is 15.0 Å². The van der Waals surface area contributed by atoms with E-state index in [9.17, 15) is 0 Å². The van der Waals surface area contributed by atoms with E-state index in [4.69, 9.17) is 0 Å². The lowest BCUT2D eigenvalue weighted by Gasteiger charge is -2.42. The first-order valence-corrected chi connectivity index (χ1v) is 9.81. The molecule has 140 valence electrons. The van der Waals surface area contributed by atoms with Gasteiger partial charge in [-0.05, 0) is 18.9 Å². The summed E-state index contributed by atoms with van der Waals surface area (Å²) in [5.74, 6) is 0. The van der Waals surface area contributed by atoms with E-state index < -0.39 is 0 Å². The zero-order valence-electron chi connectivity index (χ0n) is 15.4. The predicted octanol–water partition coefficient (Wildman–Crippen LogP) is 1.89. The van der Waals surface area contributed by atoms with E-state index in [2.05, 4.69) is 41.1 Å². The highest BCUT2D eigenvalue weighted by molar-refractivity contribution is 6.02. The minimum atomic E-state index is 0.631. The summed E-state index contributed by atoms with van der Waals surface area (Å²) in [4.78, 5) is 21.5. The molecule has 0 saturated carbocycles. The third-order valence-corrected chi connectivity index (χ3v) is 5.83. The molecule has 2 aliphatic heterocycles. The summed E-state index contributed by atoms with van der Waals surface area (Å²) >= 11 is 0. The number of fused-ring (bicyclic) bond motifs is 1. The first kappa shape index (κ1) is 16.6. The molecule has 0 aromatic carbocycles. The number of anilines is 1. The van der Waals surface area contributed by atoms with E-state index in [1.165, 1.54) is 23.9 Å². The highest BCUT2D eigenvalue weighted by atomic mass is 15.3. The molecule has 7 nitrogen and oxygen atoms in total. The van der Waals surface area contributed by atoms with Crippen molar-refractivity contribution in [2.45, 2.75) is 18.9 Å². The molecule has 0 aliphatic carbocycles. The fourth-order valence-electron chi connectivity index (χ4n) is 4.49. The first-order valence-electron chi connectivity index (χ1n) is 9.81. The number of hydrogen-bond acceptors (Lipinski definition) is 6. The molecule has 5 rings (SSSR count). The average Bonchev–Trinajstić information content (AvgIpc) is 3.19. The Labute approximate surface area is 158 Å². The Morgan fingerprint density at radius 3 is 2.78 bits per heavy atom. The number of piperazine rings is 1. The van der Waals surface area contributed by atoms with Crippen molar-refractivity contribution in [3.63, 3.8) is 0 Å². The number of aromatic amines is 1. The van der Waals surface area contributed by atoms with Crippen LogP contribution in [-0.4, -0.2) is 70.1 Å². The molecule has 0 radical (unpaired) electrons. The molecule has 2 fully saturated rings. The monoisotopic (exact) mass is 363 g/mol. The molecule has 0 spiro atoms. The van der Waals surface area contributed by atoms with Gasteiger partial charge in [0.2, 0.25) is 0 Å². The molecular formula is C20H25N7. The summed E-state index contributed by atoms with van der Waals surface area (Å²) < 4.78 is 0. The number of aromatic nitrogens is 4. The SMILES string of the molecule is c1ncc(-c2c[nH]c3nccc(N4CCCC(N5CCNCC5)C4)c23)cn1. The highest BCUT2D eigenvalue weighted by Gasteiger charge is 2.27. The van der Waals surface area contributed by atoms with Crippen molar-refractivity contribution in [1.29, 1.82) is 0 Å². The quantitative estimate of drug-likeness (QED) is 0.740. The van der Waals surface area contributed by atoms with Gasteiger partial charge in [0.05, 0.1) is 5.39 Å². The lowest BCUT2D eigenvalue weighted by molar-refractivity contribution is 0.156. The van der Waals surface area contributed by atoms with Crippen LogP contribution in [0.4, 0.5) is 5.69 Å². The Morgan fingerprint density at radius 1 is 1.07 bits per heavy atom. The van der Waals surface area contributed by atoms with Crippen molar-refractivity contribution in [1.82, 2.24) is 30.2 Å². The van der Waals surface area contributed by atoms with Crippen LogP contribution in [0.5, 0.6) is 0 Å². The lowest BCUT2D eigenvalue weighted by Crippen LogP contribution is -2.54. The second-order valence-electron chi connectivity index (χ2n) is 7.41. The third kappa shape index (κ3) is 3.17. The number of piperidine rings is 1. The molecule has 5 heterocycles. The van der Waals surface area contributed by atoms with Crippen molar-refractivity contribution < 1.29 is 0 Å². The normalized spacial score (nSPS) is 21.6. The van der Waals surface area contributed by atoms with E-state index in [0.717, 1.165) is 56.0 Å². The van der Waals surface area contributed by atoms with Crippen molar-refractivity contribution in [2.75, 3.05) is 44.2 Å². The lowest BCUT2D eigenvalue weighted by atomic mass is 10.0. The van der Waals surface area contributed by atoms with Crippen LogP contribution in [0.3, 0.4) is 0 Å². The molecule has 1 atom stereocenters. The summed E-state index contributed by atoms with van der Waals surface area (Å²) in [7, 11) is 0. The van der Waals surface area contributed by atoms with Gasteiger partial charge < -0.3 is 15.2 Å². The van der Waals surface area contributed by atoms with Gasteiger partial charge in [-0.1, -0.05) is 0 Å². The van der Waals surface area contributed by atoms with E-state index >= 15 is 0 Å². The number of nitrogens with one attached hydrogen (secondary N) is 2. The Bertz CT molecular complexity index is 901. The third-order valence-electron chi connectivity index (χ3n) is 5.83. The largest absolute Gasteiger partial charge is 0.369 e. The maximum absolute atomic E-state index is 4.55. The molecule has 2 saturated heterocycles. The van der Waals surface area contributed by atoms with Crippen molar-refractivity contribution in [3.05, 3.63) is 37.2 Å². The molecule has 3 aromatic rings. The van der Waals surface area contributed by atoms with E-state index in [0.29, 0.717) is 6.04 Å². The summed E-state index contributed by atoms with van der Waals surface area (Å²) in [5.41, 5.74) is 4.34. The maximum atomic E-state index is 4.55. The molecule has 2 N–H and O–H groups in total. The number of pyridine rings is 1. The second-order valence-corrected chi connectivity index (χ2v) is 7.41. The Hall–Kier alpha value is -2.51. The summed E-state index contributed by atoms with van der Waals surface area (Å²) in [5, 5.41) is 4.64. The Morgan fingerprint density at radius 2 is 1.93 bits per heavy atom. The number of nitrogens with zero attached hydrogens (tertiary/aromatic N) is 5. The molecule has 27 heavy (non-hydrogen) atoms. The number of rotatable bonds is 3. The second kappa shape index (κ2) is 7.25. The van der Waals surface area contributed by atoms with Crippen molar-refractivity contribution in [2.24, 2.45) is 0 Å². The molecule has 0 amide bonds. The van der Waals surface area contributed by atoms with Crippen LogP contribution in [0.1, 0.15) is 12.8 Å². The smallest absolute Gasteiger partial charge is 0.139 e. The Kier molecular flexibility index (Phi) is 4.47. The minimum absolute atomic E-state index is 0.631. The molecular weight excluding hydrogens is 338 g/mol. The van der Waals surface area contributed by atoms with E-state index in [-0.39, 0.29) is 0 Å². The van der Waals surface area contributed by atoms with Crippen LogP contribution in [0.25, 0.3) is 22.2 Å². The van der Waals surface area contributed by atoms with Crippen LogP contribution in [0.15, 0.2) is 37.2 Å². The van der Waals surface area contributed by atoms with Crippen LogP contribution < -0.4 is 10.2 Å². The van der Waals surface area contributed by atoms with Gasteiger partial charge in [-0.15, -0.1) is 0 Å². The number of hydrogen-bond donors (Lipinski definition) is 2. The highest BCUT2D eigenvalue weighted by Crippen LogP contribution is 2.35. The fraction of sp³-hybridized carbons (Fsp3) is 0.450. The zero-order chi connectivity index (χ0) is 18.1. The topological polar surface area (TPSA) is 73.0 Å². The Balaban J connectivity index is 1.50. The average molecular weight is 363 g/mol. The van der Waals surface area contributed by atoms with Gasteiger partial charge in [-0.3, -0.25) is 4.90 Å². The zero-order valence-corrected chi connectivity index (χ0v) is 15.4. The maximum Gasteiger partial charge on any atom is 0.139 e. The van der Waals surface area contributed by atoms with Crippen LogP contribution >= 0.6 is 0 Å². The van der Waals surface area contributed by atoms with Gasteiger partial charge in [0.1, 0.15) is 12.0 Å². The molecule has 7 heteroatoms. The van der Waals surface area contributed by atoms with Gasteiger partial charge >= 0.3 is 0 Å². The predicted molar refractivity (Wildman–Crippen MR) is 107 cm³/mol. The minimum Gasteiger partial charge on any atom is -0.369 e. The van der Waals surface area contributed by atoms with Crippen LogP contribution in [0, 0.1) is 0 Å². The first-order chi connectivity index (χ1) is 13.4. The standard InChI is InChI=1S/C20H25N7/c1-2-16(26-8-5-21-6-9-26)13-27(7-1)18-3-4-24-20-19(18)17(12-25-20)15-10-22-14-23-11-15/h3-4,10-12,14,16,21H,1-2,5-9,13H2,(H,24,25). The molecule has 2 aliphatic rings. The van der Waals surface area contributed by atoms with Crippen molar-refractivity contribution >= 4 is 16.7 Å². The molecule has 0 bridgehead atoms. The summed E-state index contributed by atoms with van der Waals surface area (Å²) in [6, 6.07) is 2.79. The van der Waals surface area contributed by atoms with E-state index in [1.807, 2.05) is 24.8 Å². The van der Waals surface area contributed by atoms with Gasteiger partial charge in [0.15, 0.2) is 0 Å². The molecule has 1 unspecified atom stereocenters. The fourth-order valence-corrected chi connectivity index (χ4v) is 4.49. The summed E-state index contributed by atoms with van der Waals surface area (Å²) in [6.45, 7) is 6.69. The van der Waals surface area contributed by atoms with E-state index in [1.54, 1.807) is 6.33 Å². The summed E-state index contributed by atoms with van der Waals surface area (Å²) in [6.07, 6.45) is 11.8. The van der Waals surface area contributed by atoms with Gasteiger partial charge in [0.25, 0.3) is 0 Å². The van der Waals surface area contributed by atoms with Gasteiger partial charge in [-0.2, -0.15) is 0 Å². The van der Waals surface area contributed by atoms with Gasteiger partial charge in [0, 0.05) is 86.9 Å². The van der Waals surface area contributed by atoms with Crippen LogP contribution in [-0.2, 0) is 0 Å². The molecule has 3 aromatic heterocycles.